The predicted molar refractivity (Wildman–Crippen MR) is 126 cm³/mol. The van der Waals surface area contributed by atoms with E-state index in [1.807, 2.05) is 66.9 Å². The molecule has 2 N–H and O–H groups in total. The molecule has 3 heterocycles. The van der Waals surface area contributed by atoms with Crippen molar-refractivity contribution in [3.8, 4) is 22.8 Å². The van der Waals surface area contributed by atoms with Gasteiger partial charge < -0.3 is 24.5 Å². The van der Waals surface area contributed by atoms with Gasteiger partial charge >= 0.3 is 0 Å². The molecule has 0 spiro atoms. The maximum absolute atomic E-state index is 12.2. The Morgan fingerprint density at radius 3 is 2.82 bits per heavy atom. The highest BCUT2D eigenvalue weighted by molar-refractivity contribution is 5.94. The van der Waals surface area contributed by atoms with E-state index in [9.17, 15) is 9.90 Å². The highest BCUT2D eigenvalue weighted by Gasteiger charge is 2.20. The zero-order valence-corrected chi connectivity index (χ0v) is 18.5. The van der Waals surface area contributed by atoms with Crippen LogP contribution in [0, 0.1) is 0 Å². The van der Waals surface area contributed by atoms with E-state index in [4.69, 9.17) is 14.5 Å². The fraction of sp³-hybridized carbons (Fsp3) is 0.231. The summed E-state index contributed by atoms with van der Waals surface area (Å²) in [7, 11) is 0. The number of rotatable bonds is 6. The summed E-state index contributed by atoms with van der Waals surface area (Å²) in [5.74, 6) is 1.23. The van der Waals surface area contributed by atoms with E-state index in [0.717, 1.165) is 39.4 Å². The number of hydrogen-bond acceptors (Lipinski definition) is 5. The van der Waals surface area contributed by atoms with Gasteiger partial charge in [0.1, 0.15) is 0 Å². The molecule has 33 heavy (non-hydrogen) atoms. The summed E-state index contributed by atoms with van der Waals surface area (Å²) in [5.41, 5.74) is 3.25. The van der Waals surface area contributed by atoms with Crippen LogP contribution in [0.5, 0.6) is 11.5 Å². The summed E-state index contributed by atoms with van der Waals surface area (Å²) in [6.07, 6.45) is 2.04. The lowest BCUT2D eigenvalue weighted by atomic mass is 10.1. The molecule has 0 bridgehead atoms. The van der Waals surface area contributed by atoms with E-state index in [1.165, 1.54) is 0 Å². The van der Waals surface area contributed by atoms with Crippen molar-refractivity contribution in [1.29, 1.82) is 0 Å². The molecule has 2 aromatic carbocycles. The van der Waals surface area contributed by atoms with E-state index in [1.54, 1.807) is 13.8 Å². The zero-order valence-electron chi connectivity index (χ0n) is 18.5. The van der Waals surface area contributed by atoms with Crippen LogP contribution in [-0.4, -0.2) is 33.0 Å². The second-order valence-corrected chi connectivity index (χ2v) is 8.81. The molecule has 5 rings (SSSR count). The summed E-state index contributed by atoms with van der Waals surface area (Å²) in [4.78, 5) is 17.1. The number of para-hydroxylation sites is 1. The van der Waals surface area contributed by atoms with Gasteiger partial charge in [-0.05, 0) is 61.7 Å². The SMILES string of the molecule is CC(C)(O)CC(=O)Nc1ccc2ccn(Cc3cccc(-c4cccc5c4OCO5)n3)c2c1. The monoisotopic (exact) mass is 443 g/mol. The van der Waals surface area contributed by atoms with Gasteiger partial charge in [-0.25, -0.2) is 0 Å². The molecule has 0 saturated heterocycles. The molecule has 4 aromatic rings. The number of carbonyl (C=O) groups is 1. The summed E-state index contributed by atoms with van der Waals surface area (Å²) in [5, 5.41) is 13.8. The van der Waals surface area contributed by atoms with Crippen LogP contribution >= 0.6 is 0 Å². The average Bonchev–Trinajstić information content (AvgIpc) is 3.39. The van der Waals surface area contributed by atoms with Crippen molar-refractivity contribution in [3.05, 3.63) is 72.6 Å². The fourth-order valence-electron chi connectivity index (χ4n) is 4.02. The third-order valence-corrected chi connectivity index (χ3v) is 5.46. The Morgan fingerprint density at radius 1 is 1.12 bits per heavy atom. The van der Waals surface area contributed by atoms with E-state index in [-0.39, 0.29) is 19.1 Å². The molecule has 0 radical (unpaired) electrons. The molecule has 0 atom stereocenters. The van der Waals surface area contributed by atoms with Gasteiger partial charge in [0.05, 0.1) is 35.5 Å². The first kappa shape index (κ1) is 21.0. The average molecular weight is 444 g/mol. The molecule has 168 valence electrons. The number of benzene rings is 2. The molecule has 7 heteroatoms. The van der Waals surface area contributed by atoms with Gasteiger partial charge in [-0.1, -0.05) is 18.2 Å². The van der Waals surface area contributed by atoms with Crippen molar-refractivity contribution in [3.63, 3.8) is 0 Å². The van der Waals surface area contributed by atoms with Crippen LogP contribution in [-0.2, 0) is 11.3 Å². The van der Waals surface area contributed by atoms with Crippen molar-refractivity contribution < 1.29 is 19.4 Å². The van der Waals surface area contributed by atoms with Gasteiger partial charge in [0.25, 0.3) is 0 Å². The topological polar surface area (TPSA) is 85.6 Å². The predicted octanol–water partition coefficient (Wildman–Crippen LogP) is 4.58. The summed E-state index contributed by atoms with van der Waals surface area (Å²) in [6.45, 7) is 4.02. The van der Waals surface area contributed by atoms with Crippen molar-refractivity contribution in [1.82, 2.24) is 9.55 Å². The molecular formula is C26H25N3O4. The number of nitrogens with one attached hydrogen (secondary N) is 1. The number of fused-ring (bicyclic) bond motifs is 2. The largest absolute Gasteiger partial charge is 0.454 e. The number of hydrogen-bond donors (Lipinski definition) is 2. The van der Waals surface area contributed by atoms with Crippen LogP contribution in [0.15, 0.2) is 66.9 Å². The molecule has 0 saturated carbocycles. The first-order chi connectivity index (χ1) is 15.9. The Kier molecular flexibility index (Phi) is 5.26. The number of nitrogens with zero attached hydrogens (tertiary/aromatic N) is 2. The minimum Gasteiger partial charge on any atom is -0.454 e. The van der Waals surface area contributed by atoms with Gasteiger partial charge in [0.15, 0.2) is 11.5 Å². The van der Waals surface area contributed by atoms with Crippen LogP contribution < -0.4 is 14.8 Å². The van der Waals surface area contributed by atoms with E-state index in [2.05, 4.69) is 9.88 Å². The first-order valence-electron chi connectivity index (χ1n) is 10.8. The maximum Gasteiger partial charge on any atom is 0.231 e. The Hall–Kier alpha value is -3.84. The molecule has 1 aliphatic rings. The lowest BCUT2D eigenvalue weighted by Gasteiger charge is -2.16. The Labute approximate surface area is 191 Å². The minimum absolute atomic E-state index is 0.0285. The van der Waals surface area contributed by atoms with E-state index in [0.29, 0.717) is 12.2 Å². The van der Waals surface area contributed by atoms with Crippen LogP contribution in [0.25, 0.3) is 22.2 Å². The van der Waals surface area contributed by atoms with Crippen molar-refractivity contribution in [2.75, 3.05) is 12.1 Å². The second kappa shape index (κ2) is 8.26. The van der Waals surface area contributed by atoms with Gasteiger partial charge in [0, 0.05) is 17.4 Å². The number of aliphatic hydroxyl groups is 1. The van der Waals surface area contributed by atoms with Crippen LogP contribution in [0.4, 0.5) is 5.69 Å². The van der Waals surface area contributed by atoms with Crippen molar-refractivity contribution >= 4 is 22.5 Å². The third-order valence-electron chi connectivity index (χ3n) is 5.46. The number of aromatic nitrogens is 2. The Bertz CT molecular complexity index is 1340. The lowest BCUT2D eigenvalue weighted by Crippen LogP contribution is -2.27. The molecule has 1 amide bonds. The van der Waals surface area contributed by atoms with E-state index < -0.39 is 5.60 Å². The highest BCUT2D eigenvalue weighted by Crippen LogP contribution is 2.40. The van der Waals surface area contributed by atoms with Gasteiger partial charge in [0.2, 0.25) is 12.7 Å². The molecule has 2 aromatic heterocycles. The molecule has 7 nitrogen and oxygen atoms in total. The number of anilines is 1. The molecular weight excluding hydrogens is 418 g/mol. The molecule has 0 aliphatic carbocycles. The molecule has 0 unspecified atom stereocenters. The number of ether oxygens (including phenoxy) is 2. The first-order valence-corrected chi connectivity index (χ1v) is 10.8. The third kappa shape index (κ3) is 4.54. The Balaban J connectivity index is 1.40. The fourth-order valence-corrected chi connectivity index (χ4v) is 4.02. The van der Waals surface area contributed by atoms with Gasteiger partial charge in [-0.15, -0.1) is 0 Å². The lowest BCUT2D eigenvalue weighted by molar-refractivity contribution is -0.119. The standard InChI is InChI=1S/C26H25N3O4/c1-26(2,31)14-24(30)28-18-10-9-17-11-12-29(22(17)13-18)15-19-5-3-7-21(27-19)20-6-4-8-23-25(20)33-16-32-23/h3-13,31H,14-16H2,1-2H3,(H,28,30). The molecule has 1 aliphatic heterocycles. The zero-order chi connectivity index (χ0) is 23.0. The second-order valence-electron chi connectivity index (χ2n) is 8.81. The number of amides is 1. The summed E-state index contributed by atoms with van der Waals surface area (Å²) in [6, 6.07) is 19.6. The van der Waals surface area contributed by atoms with Gasteiger partial charge in [-0.3, -0.25) is 9.78 Å². The van der Waals surface area contributed by atoms with Crippen molar-refractivity contribution in [2.45, 2.75) is 32.4 Å². The number of carbonyl (C=O) groups excluding carboxylic acids is 1. The summed E-state index contributed by atoms with van der Waals surface area (Å²) >= 11 is 0. The van der Waals surface area contributed by atoms with E-state index >= 15 is 0 Å². The highest BCUT2D eigenvalue weighted by atomic mass is 16.7. The summed E-state index contributed by atoms with van der Waals surface area (Å²) < 4.78 is 13.2. The smallest absolute Gasteiger partial charge is 0.231 e. The van der Waals surface area contributed by atoms with Crippen LogP contribution in [0.2, 0.25) is 0 Å². The quantitative estimate of drug-likeness (QED) is 0.456. The maximum atomic E-state index is 12.2. The minimum atomic E-state index is -1.05. The van der Waals surface area contributed by atoms with Crippen molar-refractivity contribution in [2.24, 2.45) is 0 Å². The normalized spacial score (nSPS) is 12.8. The number of pyridine rings is 1. The molecule has 0 fully saturated rings. The van der Waals surface area contributed by atoms with Gasteiger partial charge in [-0.2, -0.15) is 0 Å². The van der Waals surface area contributed by atoms with Crippen LogP contribution in [0.1, 0.15) is 26.0 Å². The Morgan fingerprint density at radius 2 is 1.97 bits per heavy atom. The van der Waals surface area contributed by atoms with Crippen LogP contribution in [0.3, 0.4) is 0 Å².